The first kappa shape index (κ1) is 15.3. The number of benzene rings is 2. The summed E-state index contributed by atoms with van der Waals surface area (Å²) in [5.41, 5.74) is 2.23. The van der Waals surface area contributed by atoms with E-state index >= 15 is 0 Å². The molecule has 0 unspecified atom stereocenters. The molecule has 0 aromatic heterocycles. The maximum absolute atomic E-state index is 13.9. The minimum atomic E-state index is -3.84. The smallest absolute Gasteiger partial charge is 0.220 e. The van der Waals surface area contributed by atoms with Crippen molar-refractivity contribution in [1.29, 1.82) is 5.26 Å². The van der Waals surface area contributed by atoms with Gasteiger partial charge in [-0.2, -0.15) is 5.26 Å². The van der Waals surface area contributed by atoms with Gasteiger partial charge in [-0.15, -0.1) is 0 Å². The molecule has 6 heteroatoms. The van der Waals surface area contributed by atoms with E-state index in [0.29, 0.717) is 16.9 Å². The van der Waals surface area contributed by atoms with Gasteiger partial charge in [0, 0.05) is 11.9 Å². The molecule has 0 spiro atoms. The molecule has 0 bridgehead atoms. The van der Waals surface area contributed by atoms with Gasteiger partial charge in [0.15, 0.2) is 4.91 Å². The van der Waals surface area contributed by atoms with Crippen LogP contribution in [0.1, 0.15) is 11.1 Å². The zero-order valence-electron chi connectivity index (χ0n) is 12.5. The molecule has 2 aromatic carbocycles. The topological polar surface area (TPSA) is 61.2 Å². The number of sulfone groups is 1. The molecular formula is C17H13FN2O2S. The fraction of sp³-hybridized carbons (Fsp3) is 0.118. The zero-order chi connectivity index (χ0) is 16.8. The lowest BCUT2D eigenvalue weighted by Crippen LogP contribution is -2.21. The Kier molecular flexibility index (Phi) is 3.46. The molecule has 116 valence electrons. The summed E-state index contributed by atoms with van der Waals surface area (Å²) in [5, 5.41) is 9.17. The van der Waals surface area contributed by atoms with Crippen LogP contribution in [0.3, 0.4) is 0 Å². The molecule has 0 saturated carbocycles. The van der Waals surface area contributed by atoms with Gasteiger partial charge in [0.05, 0.1) is 10.6 Å². The van der Waals surface area contributed by atoms with Crippen molar-refractivity contribution in [3.05, 3.63) is 64.4 Å². The van der Waals surface area contributed by atoms with E-state index in [1.54, 1.807) is 37.3 Å². The highest BCUT2D eigenvalue weighted by Gasteiger charge is 2.32. The Bertz CT molecular complexity index is 988. The van der Waals surface area contributed by atoms with Crippen LogP contribution in [0.15, 0.2) is 52.4 Å². The summed E-state index contributed by atoms with van der Waals surface area (Å²) in [5.74, 6) is -0.392. The van der Waals surface area contributed by atoms with Crippen LogP contribution in [0, 0.1) is 31.0 Å². The molecule has 0 saturated heterocycles. The Labute approximate surface area is 134 Å². The van der Waals surface area contributed by atoms with Gasteiger partial charge in [-0.05, 0) is 49.2 Å². The van der Waals surface area contributed by atoms with E-state index < -0.39 is 15.7 Å². The van der Waals surface area contributed by atoms with E-state index in [1.807, 2.05) is 6.92 Å². The predicted molar refractivity (Wildman–Crippen MR) is 85.3 cm³/mol. The molecule has 2 aromatic rings. The number of fused-ring (bicyclic) bond motifs is 1. The molecule has 4 nitrogen and oxygen atoms in total. The maximum Gasteiger partial charge on any atom is 0.220 e. The van der Waals surface area contributed by atoms with Crippen LogP contribution < -0.4 is 4.90 Å². The summed E-state index contributed by atoms with van der Waals surface area (Å²) in [6, 6.07) is 11.2. The van der Waals surface area contributed by atoms with Crippen molar-refractivity contribution in [3.63, 3.8) is 0 Å². The number of nitriles is 1. The highest BCUT2D eigenvalue weighted by Crippen LogP contribution is 2.40. The van der Waals surface area contributed by atoms with Crippen molar-refractivity contribution >= 4 is 21.2 Å². The summed E-state index contributed by atoms with van der Waals surface area (Å²) < 4.78 is 38.8. The van der Waals surface area contributed by atoms with Crippen LogP contribution in [-0.4, -0.2) is 8.42 Å². The molecule has 23 heavy (non-hydrogen) atoms. The normalized spacial score (nSPS) is 15.6. The molecule has 1 aliphatic heterocycles. The van der Waals surface area contributed by atoms with E-state index in [9.17, 15) is 18.1 Å². The SMILES string of the molecule is Cc1ccc2c(c1)N(c1ccc(C)c(F)c1)C=C(C#N)S2(=O)=O. The second-order valence-electron chi connectivity index (χ2n) is 5.38. The van der Waals surface area contributed by atoms with Gasteiger partial charge in [0.1, 0.15) is 11.9 Å². The third-order valence-electron chi connectivity index (χ3n) is 3.74. The van der Waals surface area contributed by atoms with Gasteiger partial charge in [0.25, 0.3) is 0 Å². The van der Waals surface area contributed by atoms with Crippen LogP contribution in [0.2, 0.25) is 0 Å². The third kappa shape index (κ3) is 2.39. The summed E-state index contributed by atoms with van der Waals surface area (Å²) in [6.45, 7) is 3.48. The number of hydrogen-bond acceptors (Lipinski definition) is 4. The Morgan fingerprint density at radius 2 is 1.87 bits per heavy atom. The van der Waals surface area contributed by atoms with Crippen molar-refractivity contribution in [2.75, 3.05) is 4.90 Å². The lowest BCUT2D eigenvalue weighted by Gasteiger charge is -2.28. The first-order valence-electron chi connectivity index (χ1n) is 6.87. The second kappa shape index (κ2) is 5.21. The van der Waals surface area contributed by atoms with E-state index in [0.717, 1.165) is 5.56 Å². The van der Waals surface area contributed by atoms with E-state index in [-0.39, 0.29) is 9.80 Å². The van der Waals surface area contributed by atoms with Crippen LogP contribution >= 0.6 is 0 Å². The van der Waals surface area contributed by atoms with Crippen LogP contribution in [0.4, 0.5) is 15.8 Å². The van der Waals surface area contributed by atoms with Gasteiger partial charge in [-0.25, -0.2) is 12.8 Å². The highest BCUT2D eigenvalue weighted by atomic mass is 32.2. The zero-order valence-corrected chi connectivity index (χ0v) is 13.4. The van der Waals surface area contributed by atoms with Crippen LogP contribution in [-0.2, 0) is 9.84 Å². The van der Waals surface area contributed by atoms with Crippen molar-refractivity contribution in [3.8, 4) is 6.07 Å². The molecule has 0 atom stereocenters. The largest absolute Gasteiger partial charge is 0.314 e. The van der Waals surface area contributed by atoms with Crippen LogP contribution in [0.5, 0.6) is 0 Å². The third-order valence-corrected chi connectivity index (χ3v) is 5.44. The number of halogens is 1. The predicted octanol–water partition coefficient (Wildman–Crippen LogP) is 3.73. The molecule has 3 rings (SSSR count). The van der Waals surface area contributed by atoms with Crippen molar-refractivity contribution in [1.82, 2.24) is 0 Å². The van der Waals surface area contributed by atoms with Crippen molar-refractivity contribution in [2.24, 2.45) is 0 Å². The average Bonchev–Trinajstić information content (AvgIpc) is 2.50. The lowest BCUT2D eigenvalue weighted by atomic mass is 10.1. The van der Waals surface area contributed by atoms with E-state index in [2.05, 4.69) is 0 Å². The summed E-state index contributed by atoms with van der Waals surface area (Å²) in [4.78, 5) is 1.21. The number of nitrogens with zero attached hydrogens (tertiary/aromatic N) is 2. The number of hydrogen-bond donors (Lipinski definition) is 0. The molecule has 1 heterocycles. The lowest BCUT2D eigenvalue weighted by molar-refractivity contribution is 0.602. The standard InChI is InChI=1S/C17H13FN2O2S/c1-11-3-6-17-16(7-11)20(10-14(9-19)23(17,21)22)13-5-4-12(2)15(18)8-13/h3-8,10H,1-2H3. The Balaban J connectivity index is 2.30. The van der Waals surface area contributed by atoms with Gasteiger partial charge in [-0.3, -0.25) is 0 Å². The van der Waals surface area contributed by atoms with Gasteiger partial charge >= 0.3 is 0 Å². The van der Waals surface area contributed by atoms with Crippen LogP contribution in [0.25, 0.3) is 0 Å². The Morgan fingerprint density at radius 1 is 1.13 bits per heavy atom. The van der Waals surface area contributed by atoms with Gasteiger partial charge in [0.2, 0.25) is 9.84 Å². The fourth-order valence-corrected chi connectivity index (χ4v) is 3.73. The molecule has 0 radical (unpaired) electrons. The first-order valence-corrected chi connectivity index (χ1v) is 8.36. The molecule has 1 aliphatic rings. The van der Waals surface area contributed by atoms with E-state index in [1.165, 1.54) is 23.2 Å². The molecule has 0 aliphatic carbocycles. The monoisotopic (exact) mass is 328 g/mol. The Hall–Kier alpha value is -2.65. The summed E-state index contributed by atoms with van der Waals surface area (Å²) >= 11 is 0. The maximum atomic E-state index is 13.9. The number of allylic oxidation sites excluding steroid dienone is 1. The average molecular weight is 328 g/mol. The first-order chi connectivity index (χ1) is 10.8. The highest BCUT2D eigenvalue weighted by molar-refractivity contribution is 7.95. The molecular weight excluding hydrogens is 315 g/mol. The summed E-state index contributed by atoms with van der Waals surface area (Å²) in [7, 11) is -3.84. The molecule has 0 N–H and O–H groups in total. The van der Waals surface area contributed by atoms with Crippen molar-refractivity contribution < 1.29 is 12.8 Å². The second-order valence-corrected chi connectivity index (χ2v) is 7.27. The Morgan fingerprint density at radius 3 is 2.52 bits per heavy atom. The van der Waals surface area contributed by atoms with E-state index in [4.69, 9.17) is 0 Å². The minimum absolute atomic E-state index is 0.0446. The minimum Gasteiger partial charge on any atom is -0.314 e. The molecule has 0 fully saturated rings. The fourth-order valence-electron chi connectivity index (χ4n) is 2.45. The number of rotatable bonds is 1. The number of anilines is 2. The quantitative estimate of drug-likeness (QED) is 0.800. The molecule has 0 amide bonds. The number of aryl methyl sites for hydroxylation is 2. The van der Waals surface area contributed by atoms with Gasteiger partial charge in [-0.1, -0.05) is 12.1 Å². The van der Waals surface area contributed by atoms with Gasteiger partial charge < -0.3 is 4.90 Å². The summed E-state index contributed by atoms with van der Waals surface area (Å²) in [6.07, 6.45) is 1.24. The van der Waals surface area contributed by atoms with Crippen molar-refractivity contribution in [2.45, 2.75) is 18.7 Å².